The number of nitrogens with one attached hydrogen (secondary N) is 1. The topological polar surface area (TPSA) is 91.6 Å². The highest BCUT2D eigenvalue weighted by Crippen LogP contribution is 2.32. The SMILES string of the molecule is Cc1cc(C(=O)O)ccc1[C@@H](CO)NC(=O)c1cc2c(Cl)c(Cl)ccc2n1C. The standard InChI is InChI=1S/C20H18Cl2N2O4/c1-10-7-11(20(27)28)3-4-12(10)15(9-25)23-19(26)17-8-13-16(24(17)2)6-5-14(21)18(13)22/h3-8,15,25H,9H2,1-2H3,(H,23,26)(H,27,28)/t15-/m1/s1. The summed E-state index contributed by atoms with van der Waals surface area (Å²) in [6, 6.07) is 8.94. The van der Waals surface area contributed by atoms with Gasteiger partial charge < -0.3 is 20.1 Å². The van der Waals surface area contributed by atoms with Gasteiger partial charge in [0.25, 0.3) is 5.91 Å². The molecule has 3 N–H and O–H groups in total. The number of halogens is 2. The van der Waals surface area contributed by atoms with E-state index in [4.69, 9.17) is 28.3 Å². The molecule has 0 aliphatic rings. The summed E-state index contributed by atoms with van der Waals surface area (Å²) in [7, 11) is 1.74. The highest BCUT2D eigenvalue weighted by Gasteiger charge is 2.21. The van der Waals surface area contributed by atoms with Crippen LogP contribution in [-0.4, -0.2) is 33.3 Å². The molecule has 0 fully saturated rings. The summed E-state index contributed by atoms with van der Waals surface area (Å²) >= 11 is 12.3. The molecule has 6 nitrogen and oxygen atoms in total. The van der Waals surface area contributed by atoms with Crippen molar-refractivity contribution < 1.29 is 19.8 Å². The average Bonchev–Trinajstić information content (AvgIpc) is 3.00. The van der Waals surface area contributed by atoms with E-state index in [1.165, 1.54) is 12.1 Å². The maximum atomic E-state index is 12.8. The molecule has 0 saturated heterocycles. The molecule has 0 bridgehead atoms. The molecule has 8 heteroatoms. The Kier molecular flexibility index (Phi) is 5.65. The van der Waals surface area contributed by atoms with Crippen molar-refractivity contribution in [3.8, 4) is 0 Å². The fraction of sp³-hybridized carbons (Fsp3) is 0.200. The zero-order valence-electron chi connectivity index (χ0n) is 15.2. The van der Waals surface area contributed by atoms with Gasteiger partial charge in [-0.1, -0.05) is 29.3 Å². The molecular weight excluding hydrogens is 403 g/mol. The van der Waals surface area contributed by atoms with Crippen LogP contribution in [0.3, 0.4) is 0 Å². The number of hydrogen-bond donors (Lipinski definition) is 3. The third-order valence-electron chi connectivity index (χ3n) is 4.73. The first-order valence-corrected chi connectivity index (χ1v) is 9.19. The van der Waals surface area contributed by atoms with Crippen LogP contribution in [0.2, 0.25) is 10.0 Å². The molecule has 0 saturated carbocycles. The number of carbonyl (C=O) groups excluding carboxylic acids is 1. The number of aliphatic hydroxyl groups is 1. The molecule has 0 aliphatic carbocycles. The Balaban J connectivity index is 1.93. The fourth-order valence-electron chi connectivity index (χ4n) is 3.22. The number of rotatable bonds is 5. The van der Waals surface area contributed by atoms with Crippen LogP contribution in [0, 0.1) is 6.92 Å². The van der Waals surface area contributed by atoms with Gasteiger partial charge in [-0.15, -0.1) is 0 Å². The van der Waals surface area contributed by atoms with E-state index in [9.17, 15) is 14.7 Å². The number of nitrogens with zero attached hydrogens (tertiary/aromatic N) is 1. The average molecular weight is 421 g/mol. The normalized spacial score (nSPS) is 12.2. The molecule has 1 heterocycles. The summed E-state index contributed by atoms with van der Waals surface area (Å²) in [5, 5.41) is 23.1. The van der Waals surface area contributed by atoms with Crippen molar-refractivity contribution in [2.45, 2.75) is 13.0 Å². The number of aryl methyl sites for hydroxylation is 2. The summed E-state index contributed by atoms with van der Waals surface area (Å²) in [5.41, 5.74) is 2.55. The molecule has 0 radical (unpaired) electrons. The molecule has 2 aromatic carbocycles. The van der Waals surface area contributed by atoms with Crippen LogP contribution in [-0.2, 0) is 7.05 Å². The van der Waals surface area contributed by atoms with Gasteiger partial charge in [0.05, 0.1) is 28.3 Å². The first-order valence-electron chi connectivity index (χ1n) is 8.43. The molecule has 0 spiro atoms. The lowest BCUT2D eigenvalue weighted by atomic mass is 9.99. The molecule has 3 aromatic rings. The highest BCUT2D eigenvalue weighted by atomic mass is 35.5. The van der Waals surface area contributed by atoms with Crippen molar-refractivity contribution in [2.75, 3.05) is 6.61 Å². The zero-order chi connectivity index (χ0) is 20.6. The monoisotopic (exact) mass is 420 g/mol. The van der Waals surface area contributed by atoms with Crippen molar-refractivity contribution in [1.29, 1.82) is 0 Å². The van der Waals surface area contributed by atoms with E-state index < -0.39 is 17.9 Å². The number of aromatic carboxylic acids is 1. The Morgan fingerprint density at radius 1 is 1.18 bits per heavy atom. The lowest BCUT2D eigenvalue weighted by molar-refractivity contribution is 0.0696. The molecule has 0 aliphatic heterocycles. The molecule has 1 amide bonds. The van der Waals surface area contributed by atoms with Crippen LogP contribution in [0.25, 0.3) is 10.9 Å². The van der Waals surface area contributed by atoms with E-state index >= 15 is 0 Å². The van der Waals surface area contributed by atoms with Crippen molar-refractivity contribution in [3.05, 3.63) is 68.8 Å². The summed E-state index contributed by atoms with van der Waals surface area (Å²) in [5.74, 6) is -1.43. The molecule has 146 valence electrons. The number of hydrogen-bond acceptors (Lipinski definition) is 3. The second kappa shape index (κ2) is 7.83. The first kappa shape index (κ1) is 20.2. The Morgan fingerprint density at radius 3 is 2.50 bits per heavy atom. The summed E-state index contributed by atoms with van der Waals surface area (Å²) in [6.07, 6.45) is 0. The number of amides is 1. The number of carbonyl (C=O) groups is 2. The number of benzene rings is 2. The minimum atomic E-state index is -1.04. The van der Waals surface area contributed by atoms with Crippen molar-refractivity contribution in [2.24, 2.45) is 7.05 Å². The van der Waals surface area contributed by atoms with E-state index in [-0.39, 0.29) is 12.2 Å². The number of carboxylic acid groups (broad SMARTS) is 1. The van der Waals surface area contributed by atoms with Crippen molar-refractivity contribution in [1.82, 2.24) is 9.88 Å². The van der Waals surface area contributed by atoms with Gasteiger partial charge in [-0.3, -0.25) is 4.79 Å². The molecule has 1 aromatic heterocycles. The maximum Gasteiger partial charge on any atom is 0.335 e. The number of aliphatic hydroxyl groups excluding tert-OH is 1. The number of aromatic nitrogens is 1. The number of carboxylic acids is 1. The van der Waals surface area contributed by atoms with Crippen LogP contribution in [0.5, 0.6) is 0 Å². The Hall–Kier alpha value is -2.54. The Labute approximate surface area is 171 Å². The van der Waals surface area contributed by atoms with E-state index in [0.29, 0.717) is 32.3 Å². The summed E-state index contributed by atoms with van der Waals surface area (Å²) < 4.78 is 1.70. The van der Waals surface area contributed by atoms with E-state index in [1.807, 2.05) is 0 Å². The van der Waals surface area contributed by atoms with Gasteiger partial charge >= 0.3 is 5.97 Å². The quantitative estimate of drug-likeness (QED) is 0.582. The molecule has 3 rings (SSSR count). The molecule has 0 unspecified atom stereocenters. The lowest BCUT2D eigenvalue weighted by Gasteiger charge is -2.19. The van der Waals surface area contributed by atoms with Gasteiger partial charge in [0.1, 0.15) is 5.69 Å². The van der Waals surface area contributed by atoms with E-state index in [1.54, 1.807) is 42.8 Å². The smallest absolute Gasteiger partial charge is 0.335 e. The van der Waals surface area contributed by atoms with Crippen LogP contribution in [0.4, 0.5) is 0 Å². The van der Waals surface area contributed by atoms with Crippen LogP contribution in [0.15, 0.2) is 36.4 Å². The maximum absolute atomic E-state index is 12.8. The van der Waals surface area contributed by atoms with Gasteiger partial charge in [0.2, 0.25) is 0 Å². The first-order chi connectivity index (χ1) is 13.2. The predicted molar refractivity (Wildman–Crippen MR) is 108 cm³/mol. The zero-order valence-corrected chi connectivity index (χ0v) is 16.7. The Bertz CT molecular complexity index is 1090. The van der Waals surface area contributed by atoms with E-state index in [0.717, 1.165) is 5.52 Å². The second-order valence-electron chi connectivity index (χ2n) is 6.47. The third kappa shape index (κ3) is 3.58. The minimum absolute atomic E-state index is 0.143. The fourth-order valence-corrected chi connectivity index (χ4v) is 3.60. The summed E-state index contributed by atoms with van der Waals surface area (Å²) in [6.45, 7) is 1.39. The van der Waals surface area contributed by atoms with Crippen LogP contribution < -0.4 is 5.32 Å². The van der Waals surface area contributed by atoms with Gasteiger partial charge in [-0.2, -0.15) is 0 Å². The van der Waals surface area contributed by atoms with Crippen LogP contribution >= 0.6 is 23.2 Å². The van der Waals surface area contributed by atoms with Gasteiger partial charge in [0.15, 0.2) is 0 Å². The van der Waals surface area contributed by atoms with Gasteiger partial charge in [0, 0.05) is 18.0 Å². The molecule has 1 atom stereocenters. The third-order valence-corrected chi connectivity index (χ3v) is 5.55. The van der Waals surface area contributed by atoms with Gasteiger partial charge in [-0.25, -0.2) is 4.79 Å². The molecule has 28 heavy (non-hydrogen) atoms. The largest absolute Gasteiger partial charge is 0.478 e. The van der Waals surface area contributed by atoms with Crippen molar-refractivity contribution >= 4 is 46.0 Å². The minimum Gasteiger partial charge on any atom is -0.478 e. The Morgan fingerprint density at radius 2 is 1.89 bits per heavy atom. The summed E-state index contributed by atoms with van der Waals surface area (Å²) in [4.78, 5) is 23.9. The second-order valence-corrected chi connectivity index (χ2v) is 7.25. The lowest BCUT2D eigenvalue weighted by Crippen LogP contribution is -2.32. The molecular formula is C20H18Cl2N2O4. The predicted octanol–water partition coefficient (Wildman–Crippen LogP) is 3.96. The van der Waals surface area contributed by atoms with Gasteiger partial charge in [-0.05, 0) is 48.4 Å². The highest BCUT2D eigenvalue weighted by molar-refractivity contribution is 6.45. The van der Waals surface area contributed by atoms with Crippen molar-refractivity contribution in [3.63, 3.8) is 0 Å². The number of fused-ring (bicyclic) bond motifs is 1. The van der Waals surface area contributed by atoms with Crippen LogP contribution in [0.1, 0.15) is 38.0 Å². The van der Waals surface area contributed by atoms with E-state index in [2.05, 4.69) is 5.32 Å².